The van der Waals surface area contributed by atoms with Crippen LogP contribution in [0, 0.1) is 0 Å². The molecule has 1 aliphatic heterocycles. The summed E-state index contributed by atoms with van der Waals surface area (Å²) >= 11 is 0. The zero-order valence-electron chi connectivity index (χ0n) is 2.94. The zero-order valence-corrected chi connectivity index (χ0v) is 2.94. The summed E-state index contributed by atoms with van der Waals surface area (Å²) in [6.07, 6.45) is 2.97. The van der Waals surface area contributed by atoms with Gasteiger partial charge in [0.15, 0.2) is 0 Å². The number of nitrogens with zero attached hydrogens (tertiary/aromatic N) is 1. The van der Waals surface area contributed by atoms with Crippen molar-refractivity contribution in [2.24, 2.45) is 5.10 Å². The van der Waals surface area contributed by atoms with Gasteiger partial charge < -0.3 is 5.43 Å². The fourth-order valence-corrected chi connectivity index (χ4v) is 0.323. The Morgan fingerprint density at radius 1 is 1.67 bits per heavy atom. The molecule has 30 valence electrons. The molecule has 0 unspecified atom stereocenters. The van der Waals surface area contributed by atoms with Gasteiger partial charge in [0.2, 0.25) is 0 Å². The van der Waals surface area contributed by atoms with E-state index in [9.17, 15) is 0 Å². The van der Waals surface area contributed by atoms with Crippen molar-refractivity contribution in [3.8, 4) is 0 Å². The van der Waals surface area contributed by atoms with E-state index in [-0.39, 0.29) is 29.6 Å². The standard InChI is InChI=1S/C3H6N2.Na.H/c1-2-4-5-3-1;;/h2,5H,1,3H2;;. The first kappa shape index (κ1) is 6.47. The summed E-state index contributed by atoms with van der Waals surface area (Å²) in [7, 11) is 0. The molecule has 0 fully saturated rings. The maximum atomic E-state index is 3.71. The number of nitrogens with one attached hydrogen (secondary N) is 1. The van der Waals surface area contributed by atoms with Gasteiger partial charge in [0.1, 0.15) is 0 Å². The van der Waals surface area contributed by atoms with E-state index in [1.54, 1.807) is 0 Å². The Balaban J connectivity index is 0.000000250. The fourth-order valence-electron chi connectivity index (χ4n) is 0.323. The number of hydrogen-bond acceptors (Lipinski definition) is 2. The van der Waals surface area contributed by atoms with Crippen LogP contribution in [0.15, 0.2) is 5.10 Å². The van der Waals surface area contributed by atoms with E-state index in [1.807, 2.05) is 6.21 Å². The Labute approximate surface area is 59.3 Å². The number of rotatable bonds is 0. The van der Waals surface area contributed by atoms with Crippen LogP contribution in [0.3, 0.4) is 0 Å². The van der Waals surface area contributed by atoms with Gasteiger partial charge >= 0.3 is 29.6 Å². The van der Waals surface area contributed by atoms with Crippen LogP contribution in [0.25, 0.3) is 0 Å². The summed E-state index contributed by atoms with van der Waals surface area (Å²) in [5.41, 5.74) is 2.79. The quantitative estimate of drug-likeness (QED) is 0.395. The normalized spacial score (nSPS) is 16.0. The van der Waals surface area contributed by atoms with Crippen LogP contribution in [0.5, 0.6) is 0 Å². The van der Waals surface area contributed by atoms with Gasteiger partial charge in [-0.25, -0.2) is 0 Å². The predicted octanol–water partition coefficient (Wildman–Crippen LogP) is -0.683. The second kappa shape index (κ2) is 3.65. The van der Waals surface area contributed by atoms with Gasteiger partial charge in [-0.05, 0) is 0 Å². The van der Waals surface area contributed by atoms with Crippen molar-refractivity contribution < 1.29 is 0 Å². The minimum absolute atomic E-state index is 0. The third-order valence-corrected chi connectivity index (χ3v) is 0.568. The molecule has 0 aromatic carbocycles. The molecule has 0 aromatic heterocycles. The van der Waals surface area contributed by atoms with Crippen LogP contribution in [-0.2, 0) is 0 Å². The molecule has 0 saturated carbocycles. The molecule has 0 aliphatic carbocycles. The summed E-state index contributed by atoms with van der Waals surface area (Å²) in [6, 6.07) is 0. The molecule has 1 aliphatic rings. The van der Waals surface area contributed by atoms with Gasteiger partial charge in [-0.2, -0.15) is 5.10 Å². The van der Waals surface area contributed by atoms with E-state index >= 15 is 0 Å². The van der Waals surface area contributed by atoms with Crippen molar-refractivity contribution in [3.05, 3.63) is 0 Å². The van der Waals surface area contributed by atoms with Crippen molar-refractivity contribution >= 4 is 35.8 Å². The molecule has 0 amide bonds. The Kier molecular flexibility index (Phi) is 3.94. The van der Waals surface area contributed by atoms with Gasteiger partial charge in [-0.3, -0.25) is 0 Å². The molecule has 1 N–H and O–H groups in total. The first-order valence-corrected chi connectivity index (χ1v) is 1.74. The van der Waals surface area contributed by atoms with Crippen LogP contribution in [-0.4, -0.2) is 42.3 Å². The predicted molar refractivity (Wildman–Crippen MR) is 28.3 cm³/mol. The van der Waals surface area contributed by atoms with Crippen LogP contribution < -0.4 is 5.43 Å². The monoisotopic (exact) mass is 94.1 g/mol. The van der Waals surface area contributed by atoms with E-state index in [0.29, 0.717) is 0 Å². The molecular formula is C3H7N2Na. The van der Waals surface area contributed by atoms with E-state index < -0.39 is 0 Å². The topological polar surface area (TPSA) is 24.4 Å². The second-order valence-electron chi connectivity index (χ2n) is 1.01. The Morgan fingerprint density at radius 3 is 2.67 bits per heavy atom. The summed E-state index contributed by atoms with van der Waals surface area (Å²) in [4.78, 5) is 0. The SMILES string of the molecule is C1=NNCC1.[NaH]. The van der Waals surface area contributed by atoms with E-state index in [2.05, 4.69) is 10.5 Å². The molecule has 0 saturated heterocycles. The molecule has 0 spiro atoms. The molecule has 3 heteroatoms. The molecule has 2 nitrogen and oxygen atoms in total. The molecule has 0 aromatic rings. The van der Waals surface area contributed by atoms with Crippen molar-refractivity contribution in [1.82, 2.24) is 5.43 Å². The van der Waals surface area contributed by atoms with Crippen LogP contribution in [0.4, 0.5) is 0 Å². The Bertz CT molecular complexity index is 46.8. The maximum absolute atomic E-state index is 3.71. The second-order valence-corrected chi connectivity index (χ2v) is 1.01. The number of hydrogen-bond donors (Lipinski definition) is 1. The third-order valence-electron chi connectivity index (χ3n) is 0.568. The number of hydrazone groups is 1. The van der Waals surface area contributed by atoms with Gasteiger partial charge in [0.25, 0.3) is 0 Å². The summed E-state index contributed by atoms with van der Waals surface area (Å²) in [5.74, 6) is 0. The Morgan fingerprint density at radius 2 is 2.50 bits per heavy atom. The molecule has 0 radical (unpaired) electrons. The Hall–Kier alpha value is 0.470. The fraction of sp³-hybridized carbons (Fsp3) is 0.667. The van der Waals surface area contributed by atoms with Gasteiger partial charge in [0.05, 0.1) is 0 Å². The summed E-state index contributed by atoms with van der Waals surface area (Å²) in [5, 5.41) is 3.71. The van der Waals surface area contributed by atoms with E-state index in [0.717, 1.165) is 13.0 Å². The van der Waals surface area contributed by atoms with E-state index in [1.165, 1.54) is 0 Å². The summed E-state index contributed by atoms with van der Waals surface area (Å²) < 4.78 is 0. The first-order valence-electron chi connectivity index (χ1n) is 1.74. The van der Waals surface area contributed by atoms with Gasteiger partial charge in [-0.1, -0.05) is 0 Å². The zero-order chi connectivity index (χ0) is 3.54. The molecule has 0 bridgehead atoms. The average Bonchev–Trinajstić information content (AvgIpc) is 1.76. The summed E-state index contributed by atoms with van der Waals surface area (Å²) in [6.45, 7) is 1.03. The van der Waals surface area contributed by atoms with Crippen LogP contribution >= 0.6 is 0 Å². The molecule has 1 rings (SSSR count). The minimum atomic E-state index is 0. The molecule has 0 atom stereocenters. The molecule has 6 heavy (non-hydrogen) atoms. The van der Waals surface area contributed by atoms with E-state index in [4.69, 9.17) is 0 Å². The van der Waals surface area contributed by atoms with Crippen molar-refractivity contribution in [3.63, 3.8) is 0 Å². The molecular weight excluding hydrogens is 87.0 g/mol. The van der Waals surface area contributed by atoms with Gasteiger partial charge in [-0.15, -0.1) is 0 Å². The van der Waals surface area contributed by atoms with Gasteiger partial charge in [0, 0.05) is 19.2 Å². The molecule has 1 heterocycles. The van der Waals surface area contributed by atoms with Crippen LogP contribution in [0.2, 0.25) is 0 Å². The van der Waals surface area contributed by atoms with Crippen molar-refractivity contribution in [2.75, 3.05) is 6.54 Å². The van der Waals surface area contributed by atoms with Crippen molar-refractivity contribution in [2.45, 2.75) is 6.42 Å². The van der Waals surface area contributed by atoms with Crippen LogP contribution in [0.1, 0.15) is 6.42 Å². The van der Waals surface area contributed by atoms with Crippen molar-refractivity contribution in [1.29, 1.82) is 0 Å². The average molecular weight is 94.1 g/mol. The third kappa shape index (κ3) is 1.80. The first-order chi connectivity index (χ1) is 2.50.